The molecule has 2 N–H and O–H groups in total. The molecule has 2 rings (SSSR count). The van der Waals surface area contributed by atoms with Gasteiger partial charge in [-0.15, -0.1) is 0 Å². The molecule has 1 aromatic rings. The molecule has 0 aliphatic carbocycles. The van der Waals surface area contributed by atoms with E-state index in [0.29, 0.717) is 5.69 Å². The Morgan fingerprint density at radius 1 is 1.33 bits per heavy atom. The van der Waals surface area contributed by atoms with E-state index in [1.54, 1.807) is 20.8 Å². The smallest absolute Gasteiger partial charge is 0.331 e. The molecule has 7 heteroatoms. The van der Waals surface area contributed by atoms with Gasteiger partial charge < -0.3 is 15.2 Å². The zero-order valence-corrected chi connectivity index (χ0v) is 14.2. The zero-order valence-electron chi connectivity index (χ0n) is 14.2. The number of benzene rings is 1. The van der Waals surface area contributed by atoms with Gasteiger partial charge in [0, 0.05) is 13.0 Å². The Kier molecular flexibility index (Phi) is 5.56. The number of para-hydroxylation sites is 1. The minimum atomic E-state index is -0.693. The third-order valence-electron chi connectivity index (χ3n) is 3.27. The first-order valence-electron chi connectivity index (χ1n) is 7.85. The fourth-order valence-electron chi connectivity index (χ4n) is 2.29. The Hall–Kier alpha value is -2.41. The van der Waals surface area contributed by atoms with Crippen LogP contribution < -0.4 is 10.3 Å². The lowest BCUT2D eigenvalue weighted by atomic mass is 10.1. The van der Waals surface area contributed by atoms with Crippen LogP contribution >= 0.6 is 0 Å². The van der Waals surface area contributed by atoms with Crippen LogP contribution in [-0.4, -0.2) is 47.5 Å². The van der Waals surface area contributed by atoms with E-state index < -0.39 is 23.5 Å². The maximum Gasteiger partial charge on any atom is 0.331 e. The van der Waals surface area contributed by atoms with Gasteiger partial charge in [-0.25, -0.2) is 4.79 Å². The van der Waals surface area contributed by atoms with Crippen LogP contribution in [0, 0.1) is 0 Å². The maximum atomic E-state index is 12.5. The number of carbonyl (C=O) groups excluding carboxylic acids is 2. The highest BCUT2D eigenvalue weighted by molar-refractivity contribution is 6.40. The van der Waals surface area contributed by atoms with E-state index in [1.165, 1.54) is 5.01 Å². The normalized spacial score (nSPS) is 17.4. The summed E-state index contributed by atoms with van der Waals surface area (Å²) < 4.78 is 5.46. The van der Waals surface area contributed by atoms with Gasteiger partial charge in [-0.2, -0.15) is 5.10 Å². The van der Waals surface area contributed by atoms with Gasteiger partial charge in [0.05, 0.1) is 12.3 Å². The molecular formula is C17H23N3O4. The Labute approximate surface area is 141 Å². The predicted molar refractivity (Wildman–Crippen MR) is 90.7 cm³/mol. The van der Waals surface area contributed by atoms with Crippen molar-refractivity contribution in [1.82, 2.24) is 5.32 Å². The number of nitrogens with zero attached hydrogens (tertiary/aromatic N) is 2. The van der Waals surface area contributed by atoms with Gasteiger partial charge in [0.2, 0.25) is 0 Å². The highest BCUT2D eigenvalue weighted by Crippen LogP contribution is 2.26. The summed E-state index contributed by atoms with van der Waals surface area (Å²) in [5, 5.41) is 17.2. The quantitative estimate of drug-likeness (QED) is 0.787. The predicted octanol–water partition coefficient (Wildman–Crippen LogP) is 1.07. The van der Waals surface area contributed by atoms with Gasteiger partial charge in [-0.1, -0.05) is 18.2 Å². The van der Waals surface area contributed by atoms with Crippen LogP contribution in [-0.2, 0) is 14.3 Å². The van der Waals surface area contributed by atoms with Crippen LogP contribution in [0.5, 0.6) is 0 Å². The number of hydrogen-bond acceptors (Lipinski definition) is 6. The van der Waals surface area contributed by atoms with Crippen molar-refractivity contribution in [2.75, 3.05) is 18.2 Å². The summed E-state index contributed by atoms with van der Waals surface area (Å²) in [6.07, 6.45) is 0.154. The summed E-state index contributed by atoms with van der Waals surface area (Å²) in [5.74, 6) is -0.823. The molecule has 1 aliphatic heterocycles. The van der Waals surface area contributed by atoms with E-state index in [-0.39, 0.29) is 25.3 Å². The SMILES string of the molecule is CC(C)(C)OC(=O)[C@@H]1CC(C(=O)NCCO)=NN1c1ccccc1. The third kappa shape index (κ3) is 4.55. The molecule has 0 saturated heterocycles. The molecule has 0 fully saturated rings. The monoisotopic (exact) mass is 333 g/mol. The highest BCUT2D eigenvalue weighted by atomic mass is 16.6. The molecule has 0 radical (unpaired) electrons. The fraction of sp³-hybridized carbons (Fsp3) is 0.471. The lowest BCUT2D eigenvalue weighted by Gasteiger charge is -2.26. The number of aliphatic hydroxyl groups is 1. The number of aliphatic hydroxyl groups excluding tert-OH is 1. The number of carbonyl (C=O) groups is 2. The fourth-order valence-corrected chi connectivity index (χ4v) is 2.29. The van der Waals surface area contributed by atoms with Gasteiger partial charge in [0.25, 0.3) is 5.91 Å². The Balaban J connectivity index is 2.23. The first-order valence-corrected chi connectivity index (χ1v) is 7.85. The van der Waals surface area contributed by atoms with Crippen LogP contribution in [0.2, 0.25) is 0 Å². The summed E-state index contributed by atoms with van der Waals surface area (Å²) in [5.41, 5.74) is 0.322. The van der Waals surface area contributed by atoms with Crippen molar-refractivity contribution in [2.45, 2.75) is 38.8 Å². The van der Waals surface area contributed by atoms with Crippen molar-refractivity contribution in [3.8, 4) is 0 Å². The van der Waals surface area contributed by atoms with Crippen molar-refractivity contribution in [1.29, 1.82) is 0 Å². The maximum absolute atomic E-state index is 12.5. The van der Waals surface area contributed by atoms with E-state index >= 15 is 0 Å². The van der Waals surface area contributed by atoms with Crippen molar-refractivity contribution < 1.29 is 19.4 Å². The molecule has 0 unspecified atom stereocenters. The lowest BCUT2D eigenvalue weighted by molar-refractivity contribution is -0.156. The number of hydrogen-bond donors (Lipinski definition) is 2. The van der Waals surface area contributed by atoms with Gasteiger partial charge in [-0.05, 0) is 32.9 Å². The number of ether oxygens (including phenoxy) is 1. The van der Waals surface area contributed by atoms with E-state index in [2.05, 4.69) is 10.4 Å². The van der Waals surface area contributed by atoms with Crippen molar-refractivity contribution in [3.63, 3.8) is 0 Å². The Morgan fingerprint density at radius 2 is 2.00 bits per heavy atom. The first kappa shape index (κ1) is 17.9. The molecule has 1 aliphatic rings. The molecule has 0 bridgehead atoms. The minimum Gasteiger partial charge on any atom is -0.458 e. The number of anilines is 1. The molecule has 0 aromatic heterocycles. The van der Waals surface area contributed by atoms with Crippen molar-refractivity contribution in [3.05, 3.63) is 30.3 Å². The second-order valence-corrected chi connectivity index (χ2v) is 6.46. The van der Waals surface area contributed by atoms with Gasteiger partial charge in [-0.3, -0.25) is 9.80 Å². The summed E-state index contributed by atoms with van der Waals surface area (Å²) in [6, 6.07) is 8.47. The third-order valence-corrected chi connectivity index (χ3v) is 3.27. The standard InChI is InChI=1S/C17H23N3O4/c1-17(2,3)24-16(23)14-11-13(15(22)18-9-10-21)19-20(14)12-7-5-4-6-8-12/h4-8,14,21H,9-11H2,1-3H3,(H,18,22)/t14-/m0/s1. The number of hydrazone groups is 1. The summed E-state index contributed by atoms with van der Waals surface area (Å²) in [7, 11) is 0. The van der Waals surface area contributed by atoms with Crippen LogP contribution in [0.15, 0.2) is 35.4 Å². The molecule has 0 spiro atoms. The molecule has 24 heavy (non-hydrogen) atoms. The van der Waals surface area contributed by atoms with Gasteiger partial charge in [0.1, 0.15) is 11.3 Å². The van der Waals surface area contributed by atoms with Crippen molar-refractivity contribution >= 4 is 23.3 Å². The first-order chi connectivity index (χ1) is 11.3. The molecule has 1 heterocycles. The Morgan fingerprint density at radius 3 is 2.58 bits per heavy atom. The van der Waals surface area contributed by atoms with Crippen LogP contribution in [0.4, 0.5) is 5.69 Å². The van der Waals surface area contributed by atoms with Gasteiger partial charge >= 0.3 is 5.97 Å². The summed E-state index contributed by atoms with van der Waals surface area (Å²) in [4.78, 5) is 24.6. The molecule has 7 nitrogen and oxygen atoms in total. The molecular weight excluding hydrogens is 310 g/mol. The average molecular weight is 333 g/mol. The van der Waals surface area contributed by atoms with E-state index in [0.717, 1.165) is 0 Å². The number of amides is 1. The largest absolute Gasteiger partial charge is 0.458 e. The van der Waals surface area contributed by atoms with E-state index in [4.69, 9.17) is 9.84 Å². The highest BCUT2D eigenvalue weighted by Gasteiger charge is 2.38. The molecule has 1 atom stereocenters. The zero-order chi connectivity index (χ0) is 17.7. The number of rotatable bonds is 5. The van der Waals surface area contributed by atoms with Gasteiger partial charge in [0.15, 0.2) is 6.04 Å². The minimum absolute atomic E-state index is 0.139. The molecule has 130 valence electrons. The van der Waals surface area contributed by atoms with Crippen LogP contribution in [0.3, 0.4) is 0 Å². The molecule has 1 aromatic carbocycles. The Bertz CT molecular complexity index is 622. The van der Waals surface area contributed by atoms with Crippen LogP contribution in [0.25, 0.3) is 0 Å². The second-order valence-electron chi connectivity index (χ2n) is 6.46. The van der Waals surface area contributed by atoms with E-state index in [1.807, 2.05) is 30.3 Å². The topological polar surface area (TPSA) is 91.2 Å². The number of esters is 1. The number of nitrogens with one attached hydrogen (secondary N) is 1. The molecule has 1 amide bonds. The molecule has 0 saturated carbocycles. The second kappa shape index (κ2) is 7.44. The average Bonchev–Trinajstić information content (AvgIpc) is 2.97. The lowest BCUT2D eigenvalue weighted by Crippen LogP contribution is -2.40. The van der Waals surface area contributed by atoms with E-state index in [9.17, 15) is 9.59 Å². The summed E-state index contributed by atoms with van der Waals surface area (Å²) >= 11 is 0. The van der Waals surface area contributed by atoms with Crippen LogP contribution in [0.1, 0.15) is 27.2 Å². The summed E-state index contributed by atoms with van der Waals surface area (Å²) in [6.45, 7) is 5.37. The van der Waals surface area contributed by atoms with Crippen molar-refractivity contribution in [2.24, 2.45) is 5.10 Å².